The van der Waals surface area contributed by atoms with Crippen molar-refractivity contribution in [3.8, 4) is 5.75 Å². The summed E-state index contributed by atoms with van der Waals surface area (Å²) in [7, 11) is 0. The summed E-state index contributed by atoms with van der Waals surface area (Å²) in [6.07, 6.45) is 0. The molecular formula is C13H8BrF2NO2. The number of phenols is 1. The summed E-state index contributed by atoms with van der Waals surface area (Å²) in [5, 5.41) is 11.7. The standard InChI is InChI=1S/C13H8BrF2NO2/c14-7-1-3-11(10(16)5-7)17-13(19)9-6-8(15)2-4-12(9)18/h1-6,18H,(H,17,19). The molecule has 0 heterocycles. The highest BCUT2D eigenvalue weighted by Crippen LogP contribution is 2.22. The van der Waals surface area contributed by atoms with E-state index in [0.29, 0.717) is 4.47 Å². The first kappa shape index (κ1) is 13.5. The number of hydrogen-bond donors (Lipinski definition) is 2. The van der Waals surface area contributed by atoms with Crippen LogP contribution < -0.4 is 5.32 Å². The number of phenolic OH excluding ortho intramolecular Hbond substituents is 1. The number of carbonyl (C=O) groups is 1. The van der Waals surface area contributed by atoms with Crippen LogP contribution in [0.4, 0.5) is 14.5 Å². The first-order chi connectivity index (χ1) is 8.97. The van der Waals surface area contributed by atoms with Crippen molar-refractivity contribution in [2.45, 2.75) is 0 Å². The number of aromatic hydroxyl groups is 1. The highest BCUT2D eigenvalue weighted by Gasteiger charge is 2.14. The lowest BCUT2D eigenvalue weighted by Gasteiger charge is -2.08. The van der Waals surface area contributed by atoms with E-state index in [2.05, 4.69) is 21.2 Å². The normalized spacial score (nSPS) is 10.3. The van der Waals surface area contributed by atoms with Crippen molar-refractivity contribution in [3.63, 3.8) is 0 Å². The Bertz CT molecular complexity index is 647. The average molecular weight is 328 g/mol. The molecule has 3 nitrogen and oxygen atoms in total. The SMILES string of the molecule is O=C(Nc1ccc(Br)cc1F)c1cc(F)ccc1O. The van der Waals surface area contributed by atoms with Gasteiger partial charge in [-0.3, -0.25) is 4.79 Å². The third-order valence-electron chi connectivity index (χ3n) is 2.38. The van der Waals surface area contributed by atoms with Crippen molar-refractivity contribution in [1.29, 1.82) is 0 Å². The van der Waals surface area contributed by atoms with E-state index in [1.807, 2.05) is 0 Å². The third-order valence-corrected chi connectivity index (χ3v) is 2.88. The van der Waals surface area contributed by atoms with Gasteiger partial charge in [0.2, 0.25) is 0 Å². The molecule has 2 aromatic rings. The summed E-state index contributed by atoms with van der Waals surface area (Å²) < 4.78 is 27.1. The number of benzene rings is 2. The Morgan fingerprint density at radius 2 is 1.89 bits per heavy atom. The molecular weight excluding hydrogens is 320 g/mol. The van der Waals surface area contributed by atoms with Gasteiger partial charge in [-0.1, -0.05) is 15.9 Å². The number of anilines is 1. The second kappa shape index (κ2) is 5.36. The van der Waals surface area contributed by atoms with Gasteiger partial charge in [0.1, 0.15) is 17.4 Å². The van der Waals surface area contributed by atoms with Crippen molar-refractivity contribution in [3.05, 3.63) is 58.1 Å². The molecule has 0 atom stereocenters. The van der Waals surface area contributed by atoms with Crippen LogP contribution in [0, 0.1) is 11.6 Å². The van der Waals surface area contributed by atoms with E-state index in [4.69, 9.17) is 0 Å². The fourth-order valence-electron chi connectivity index (χ4n) is 1.47. The van der Waals surface area contributed by atoms with Crippen molar-refractivity contribution < 1.29 is 18.7 Å². The quantitative estimate of drug-likeness (QED) is 0.883. The van der Waals surface area contributed by atoms with Crippen LogP contribution in [0.15, 0.2) is 40.9 Å². The van der Waals surface area contributed by atoms with Crippen molar-refractivity contribution in [2.24, 2.45) is 0 Å². The average Bonchev–Trinajstić information content (AvgIpc) is 2.35. The van der Waals surface area contributed by atoms with Gasteiger partial charge in [0.05, 0.1) is 11.3 Å². The van der Waals surface area contributed by atoms with Gasteiger partial charge in [-0.05, 0) is 36.4 Å². The Balaban J connectivity index is 2.28. The van der Waals surface area contributed by atoms with E-state index in [9.17, 15) is 18.7 Å². The number of hydrogen-bond acceptors (Lipinski definition) is 2. The van der Waals surface area contributed by atoms with Crippen LogP contribution in [0.1, 0.15) is 10.4 Å². The van der Waals surface area contributed by atoms with E-state index < -0.39 is 17.5 Å². The Hall–Kier alpha value is -1.95. The van der Waals surface area contributed by atoms with Gasteiger partial charge in [-0.25, -0.2) is 8.78 Å². The first-order valence-corrected chi connectivity index (χ1v) is 6.01. The summed E-state index contributed by atoms with van der Waals surface area (Å²) in [5.74, 6) is -2.48. The zero-order chi connectivity index (χ0) is 14.0. The lowest BCUT2D eigenvalue weighted by atomic mass is 10.1. The molecule has 0 aliphatic heterocycles. The number of rotatable bonds is 2. The Morgan fingerprint density at radius 3 is 2.58 bits per heavy atom. The number of amides is 1. The molecule has 0 spiro atoms. The minimum absolute atomic E-state index is 0.0585. The van der Waals surface area contributed by atoms with E-state index in [-0.39, 0.29) is 17.0 Å². The Morgan fingerprint density at radius 1 is 1.16 bits per heavy atom. The van der Waals surface area contributed by atoms with Crippen LogP contribution in [0.3, 0.4) is 0 Å². The second-order valence-corrected chi connectivity index (χ2v) is 4.66. The van der Waals surface area contributed by atoms with Gasteiger partial charge in [0.15, 0.2) is 0 Å². The van der Waals surface area contributed by atoms with Gasteiger partial charge in [-0.2, -0.15) is 0 Å². The lowest BCUT2D eigenvalue weighted by Crippen LogP contribution is -2.13. The van der Waals surface area contributed by atoms with Gasteiger partial charge in [0, 0.05) is 4.47 Å². The largest absolute Gasteiger partial charge is 0.507 e. The highest BCUT2D eigenvalue weighted by molar-refractivity contribution is 9.10. The molecule has 0 fully saturated rings. The zero-order valence-corrected chi connectivity index (χ0v) is 11.0. The highest BCUT2D eigenvalue weighted by atomic mass is 79.9. The van der Waals surface area contributed by atoms with Crippen molar-refractivity contribution in [2.75, 3.05) is 5.32 Å². The van der Waals surface area contributed by atoms with Gasteiger partial charge in [0.25, 0.3) is 5.91 Å². The molecule has 1 amide bonds. The molecule has 2 rings (SSSR count). The maximum atomic E-state index is 13.5. The van der Waals surface area contributed by atoms with Crippen LogP contribution in [0.5, 0.6) is 5.75 Å². The Kier molecular flexibility index (Phi) is 3.80. The minimum atomic E-state index is -0.793. The monoisotopic (exact) mass is 327 g/mol. The van der Waals surface area contributed by atoms with Crippen LogP contribution >= 0.6 is 15.9 Å². The molecule has 0 saturated carbocycles. The van der Waals surface area contributed by atoms with E-state index >= 15 is 0 Å². The summed E-state index contributed by atoms with van der Waals surface area (Å²) in [6.45, 7) is 0. The molecule has 2 aromatic carbocycles. The molecule has 0 radical (unpaired) electrons. The van der Waals surface area contributed by atoms with Crippen LogP contribution in [0.25, 0.3) is 0 Å². The van der Waals surface area contributed by atoms with Gasteiger partial charge < -0.3 is 10.4 Å². The summed E-state index contributed by atoms with van der Waals surface area (Å²) >= 11 is 3.09. The summed E-state index contributed by atoms with van der Waals surface area (Å²) in [5.41, 5.74) is -0.320. The first-order valence-electron chi connectivity index (χ1n) is 5.22. The third kappa shape index (κ3) is 3.08. The van der Waals surface area contributed by atoms with Crippen LogP contribution in [0.2, 0.25) is 0 Å². The summed E-state index contributed by atoms with van der Waals surface area (Å²) in [6, 6.07) is 7.04. The molecule has 0 aromatic heterocycles. The molecule has 0 bridgehead atoms. The van der Waals surface area contributed by atoms with Crippen molar-refractivity contribution >= 4 is 27.5 Å². The lowest BCUT2D eigenvalue weighted by molar-refractivity contribution is 0.102. The zero-order valence-electron chi connectivity index (χ0n) is 9.45. The molecule has 0 saturated heterocycles. The van der Waals surface area contributed by atoms with Crippen LogP contribution in [-0.4, -0.2) is 11.0 Å². The van der Waals surface area contributed by atoms with Crippen molar-refractivity contribution in [1.82, 2.24) is 0 Å². The maximum Gasteiger partial charge on any atom is 0.259 e. The van der Waals surface area contributed by atoms with E-state index in [0.717, 1.165) is 18.2 Å². The topological polar surface area (TPSA) is 49.3 Å². The number of halogens is 3. The smallest absolute Gasteiger partial charge is 0.259 e. The predicted octanol–water partition coefficient (Wildman–Crippen LogP) is 3.69. The molecule has 19 heavy (non-hydrogen) atoms. The molecule has 6 heteroatoms. The molecule has 98 valence electrons. The molecule has 0 aliphatic carbocycles. The minimum Gasteiger partial charge on any atom is -0.507 e. The molecule has 0 unspecified atom stereocenters. The second-order valence-electron chi connectivity index (χ2n) is 3.74. The number of carbonyl (C=O) groups excluding carboxylic acids is 1. The Labute approximate surface area is 116 Å². The molecule has 2 N–H and O–H groups in total. The fourth-order valence-corrected chi connectivity index (χ4v) is 1.80. The van der Waals surface area contributed by atoms with Gasteiger partial charge in [-0.15, -0.1) is 0 Å². The fraction of sp³-hybridized carbons (Fsp3) is 0. The van der Waals surface area contributed by atoms with Crippen LogP contribution in [-0.2, 0) is 0 Å². The number of nitrogens with one attached hydrogen (secondary N) is 1. The van der Waals surface area contributed by atoms with E-state index in [1.54, 1.807) is 6.07 Å². The van der Waals surface area contributed by atoms with E-state index in [1.165, 1.54) is 12.1 Å². The van der Waals surface area contributed by atoms with Gasteiger partial charge >= 0.3 is 0 Å². The predicted molar refractivity (Wildman–Crippen MR) is 70.1 cm³/mol. The molecule has 0 aliphatic rings. The maximum absolute atomic E-state index is 13.5. The summed E-state index contributed by atoms with van der Waals surface area (Å²) in [4.78, 5) is 11.8.